The van der Waals surface area contributed by atoms with Crippen molar-refractivity contribution in [3.63, 3.8) is 0 Å². The van der Waals surface area contributed by atoms with E-state index in [0.29, 0.717) is 6.04 Å². The van der Waals surface area contributed by atoms with Gasteiger partial charge in [-0.3, -0.25) is 0 Å². The van der Waals surface area contributed by atoms with E-state index >= 15 is 0 Å². The second-order valence-electron chi connectivity index (χ2n) is 6.52. The maximum atomic E-state index is 3.69. The van der Waals surface area contributed by atoms with Gasteiger partial charge in [0.2, 0.25) is 0 Å². The number of fused-ring (bicyclic) bond motifs is 1. The van der Waals surface area contributed by atoms with Crippen LogP contribution < -0.4 is 5.32 Å². The molecule has 0 saturated heterocycles. The molecule has 1 heteroatoms. The topological polar surface area (TPSA) is 12.0 Å². The summed E-state index contributed by atoms with van der Waals surface area (Å²) in [7, 11) is 0. The van der Waals surface area contributed by atoms with Gasteiger partial charge in [-0.25, -0.2) is 0 Å². The Morgan fingerprint density at radius 2 is 1.62 bits per heavy atom. The van der Waals surface area contributed by atoms with E-state index in [1.807, 2.05) is 0 Å². The molecule has 0 radical (unpaired) electrons. The predicted molar refractivity (Wildman–Crippen MR) is 105 cm³/mol. The van der Waals surface area contributed by atoms with Crippen molar-refractivity contribution in [2.45, 2.75) is 39.2 Å². The Morgan fingerprint density at radius 1 is 0.875 bits per heavy atom. The van der Waals surface area contributed by atoms with E-state index < -0.39 is 0 Å². The number of benzene rings is 3. The van der Waals surface area contributed by atoms with Gasteiger partial charge in [0.1, 0.15) is 0 Å². The second-order valence-corrected chi connectivity index (χ2v) is 6.52. The quantitative estimate of drug-likeness (QED) is 0.552. The maximum absolute atomic E-state index is 3.69. The fourth-order valence-corrected chi connectivity index (χ4v) is 3.35. The first-order chi connectivity index (χ1) is 11.8. The molecule has 0 bridgehead atoms. The molecule has 1 nitrogen and oxygen atoms in total. The van der Waals surface area contributed by atoms with Crippen LogP contribution in [0.15, 0.2) is 66.7 Å². The summed E-state index contributed by atoms with van der Waals surface area (Å²) in [5.41, 5.74) is 4.28. The first-order valence-corrected chi connectivity index (χ1v) is 9.07. The van der Waals surface area contributed by atoms with Crippen LogP contribution in [0.2, 0.25) is 0 Å². The van der Waals surface area contributed by atoms with Gasteiger partial charge >= 0.3 is 0 Å². The fraction of sp³-hybridized carbons (Fsp3) is 0.304. The van der Waals surface area contributed by atoms with Crippen LogP contribution in [0.1, 0.15) is 43.0 Å². The number of nitrogens with one attached hydrogen (secondary N) is 1. The molecule has 3 aromatic carbocycles. The highest BCUT2D eigenvalue weighted by molar-refractivity contribution is 5.86. The van der Waals surface area contributed by atoms with E-state index in [1.54, 1.807) is 0 Å². The van der Waals surface area contributed by atoms with Crippen LogP contribution in [-0.2, 0) is 12.8 Å². The first kappa shape index (κ1) is 16.7. The van der Waals surface area contributed by atoms with Gasteiger partial charge in [0.05, 0.1) is 0 Å². The lowest BCUT2D eigenvalue weighted by Gasteiger charge is -2.16. The van der Waals surface area contributed by atoms with Gasteiger partial charge in [0.15, 0.2) is 0 Å². The summed E-state index contributed by atoms with van der Waals surface area (Å²) in [5, 5.41) is 6.37. The predicted octanol–water partition coefficient (Wildman–Crippen LogP) is 5.69. The number of hydrogen-bond donors (Lipinski definition) is 1. The van der Waals surface area contributed by atoms with Crippen LogP contribution in [-0.4, -0.2) is 6.54 Å². The van der Waals surface area contributed by atoms with Crippen molar-refractivity contribution in [1.82, 2.24) is 5.32 Å². The van der Waals surface area contributed by atoms with Gasteiger partial charge in [0, 0.05) is 6.04 Å². The minimum Gasteiger partial charge on any atom is -0.310 e. The van der Waals surface area contributed by atoms with Crippen LogP contribution in [0.5, 0.6) is 0 Å². The van der Waals surface area contributed by atoms with E-state index in [2.05, 4.69) is 85.9 Å². The molecule has 0 amide bonds. The Kier molecular flexibility index (Phi) is 5.66. The Labute approximate surface area is 145 Å². The number of aryl methyl sites for hydroxylation is 2. The van der Waals surface area contributed by atoms with Crippen molar-refractivity contribution in [2.75, 3.05) is 6.54 Å². The zero-order valence-corrected chi connectivity index (χ0v) is 14.8. The van der Waals surface area contributed by atoms with Gasteiger partial charge < -0.3 is 5.32 Å². The fourth-order valence-electron chi connectivity index (χ4n) is 3.35. The van der Waals surface area contributed by atoms with Gasteiger partial charge in [0.25, 0.3) is 0 Å². The van der Waals surface area contributed by atoms with E-state index in [9.17, 15) is 0 Å². The normalized spacial score (nSPS) is 12.4. The molecule has 0 spiro atoms. The minimum absolute atomic E-state index is 0.373. The first-order valence-electron chi connectivity index (χ1n) is 9.07. The molecule has 3 rings (SSSR count). The summed E-state index contributed by atoms with van der Waals surface area (Å²) in [5.74, 6) is 0. The molecule has 1 unspecified atom stereocenters. The number of rotatable bonds is 7. The summed E-state index contributed by atoms with van der Waals surface area (Å²) < 4.78 is 0. The molecular weight excluding hydrogens is 290 g/mol. The van der Waals surface area contributed by atoms with Crippen molar-refractivity contribution in [1.29, 1.82) is 0 Å². The molecule has 0 aliphatic rings. The standard InChI is InChI=1S/C23H27N/c1-3-19-9-6-10-20(17-19)11-8-16-24-18(2)22-15-7-13-21-12-4-5-14-23(21)22/h4-7,9-10,12-15,17-18,24H,3,8,11,16H2,1-2H3. The SMILES string of the molecule is CCc1cccc(CCCNC(C)c2cccc3ccccc23)c1. The van der Waals surface area contributed by atoms with Crippen LogP contribution >= 0.6 is 0 Å². The lowest BCUT2D eigenvalue weighted by atomic mass is 9.99. The summed E-state index contributed by atoms with van der Waals surface area (Å²) in [6.07, 6.45) is 3.43. The summed E-state index contributed by atoms with van der Waals surface area (Å²) in [6, 6.07) is 24.6. The highest BCUT2D eigenvalue weighted by Crippen LogP contribution is 2.24. The Morgan fingerprint density at radius 3 is 2.50 bits per heavy atom. The lowest BCUT2D eigenvalue weighted by molar-refractivity contribution is 0.561. The number of hydrogen-bond acceptors (Lipinski definition) is 1. The molecule has 0 aromatic heterocycles. The minimum atomic E-state index is 0.373. The molecular formula is C23H27N. The third kappa shape index (κ3) is 4.04. The van der Waals surface area contributed by atoms with Crippen molar-refractivity contribution in [3.05, 3.63) is 83.4 Å². The highest BCUT2D eigenvalue weighted by atomic mass is 14.9. The molecule has 0 aliphatic carbocycles. The van der Waals surface area contributed by atoms with Gasteiger partial charge in [-0.15, -0.1) is 0 Å². The summed E-state index contributed by atoms with van der Waals surface area (Å²) in [4.78, 5) is 0. The third-order valence-electron chi connectivity index (χ3n) is 4.78. The lowest BCUT2D eigenvalue weighted by Crippen LogP contribution is -2.20. The Hall–Kier alpha value is -2.12. The summed E-state index contributed by atoms with van der Waals surface area (Å²) in [6.45, 7) is 5.52. The Bertz CT molecular complexity index is 785. The molecule has 0 aliphatic heterocycles. The van der Waals surface area contributed by atoms with Crippen LogP contribution in [0.3, 0.4) is 0 Å². The third-order valence-corrected chi connectivity index (χ3v) is 4.78. The molecule has 1 atom stereocenters. The Balaban J connectivity index is 1.56. The van der Waals surface area contributed by atoms with Crippen LogP contribution in [0, 0.1) is 0 Å². The zero-order valence-electron chi connectivity index (χ0n) is 14.8. The van der Waals surface area contributed by atoms with E-state index in [0.717, 1.165) is 19.4 Å². The van der Waals surface area contributed by atoms with Gasteiger partial charge in [-0.1, -0.05) is 73.7 Å². The van der Waals surface area contributed by atoms with E-state index in [4.69, 9.17) is 0 Å². The molecule has 0 heterocycles. The molecule has 3 aromatic rings. The van der Waals surface area contributed by atoms with Gasteiger partial charge in [-0.2, -0.15) is 0 Å². The van der Waals surface area contributed by atoms with Crippen LogP contribution in [0.4, 0.5) is 0 Å². The average Bonchev–Trinajstić information content (AvgIpc) is 2.64. The highest BCUT2D eigenvalue weighted by Gasteiger charge is 2.08. The van der Waals surface area contributed by atoms with Crippen LogP contribution in [0.25, 0.3) is 10.8 Å². The molecule has 0 saturated carbocycles. The van der Waals surface area contributed by atoms with Gasteiger partial charge in [-0.05, 0) is 60.2 Å². The van der Waals surface area contributed by atoms with E-state index in [-0.39, 0.29) is 0 Å². The monoisotopic (exact) mass is 317 g/mol. The van der Waals surface area contributed by atoms with Crippen molar-refractivity contribution >= 4 is 10.8 Å². The van der Waals surface area contributed by atoms with E-state index in [1.165, 1.54) is 33.9 Å². The zero-order chi connectivity index (χ0) is 16.8. The second kappa shape index (κ2) is 8.12. The molecule has 24 heavy (non-hydrogen) atoms. The average molecular weight is 317 g/mol. The van der Waals surface area contributed by atoms with Crippen molar-refractivity contribution in [3.8, 4) is 0 Å². The largest absolute Gasteiger partial charge is 0.310 e. The smallest absolute Gasteiger partial charge is 0.0297 e. The van der Waals surface area contributed by atoms with Crippen molar-refractivity contribution in [2.24, 2.45) is 0 Å². The molecule has 1 N–H and O–H groups in total. The maximum Gasteiger partial charge on any atom is 0.0297 e. The van der Waals surface area contributed by atoms with Crippen molar-refractivity contribution < 1.29 is 0 Å². The summed E-state index contributed by atoms with van der Waals surface area (Å²) >= 11 is 0. The molecule has 124 valence electrons. The molecule has 0 fully saturated rings.